The number of sulfonamides is 1. The molecule has 1 heterocycles. The van der Waals surface area contributed by atoms with Crippen molar-refractivity contribution >= 4 is 21.6 Å². The molecule has 0 radical (unpaired) electrons. The lowest BCUT2D eigenvalue weighted by molar-refractivity contribution is 0.554. The maximum atomic E-state index is 12.0. The summed E-state index contributed by atoms with van der Waals surface area (Å²) in [6, 6.07) is 8.75. The predicted octanol–water partition coefficient (Wildman–Crippen LogP) is 2.27. The van der Waals surface area contributed by atoms with Crippen LogP contribution >= 0.6 is 11.6 Å². The van der Waals surface area contributed by atoms with Crippen molar-refractivity contribution in [3.05, 3.63) is 52.3 Å². The Morgan fingerprint density at radius 2 is 1.90 bits per heavy atom. The van der Waals surface area contributed by atoms with E-state index in [1.54, 1.807) is 28.9 Å². The molecule has 1 N–H and O–H groups in total. The summed E-state index contributed by atoms with van der Waals surface area (Å²) < 4.78 is 28.4. The maximum Gasteiger partial charge on any atom is 0.215 e. The molecule has 0 spiro atoms. The van der Waals surface area contributed by atoms with Gasteiger partial charge in [-0.3, -0.25) is 4.68 Å². The molecular weight excluding hydrogens is 310 g/mol. The lowest BCUT2D eigenvalue weighted by Gasteiger charge is -2.08. The van der Waals surface area contributed by atoms with Crippen molar-refractivity contribution in [2.24, 2.45) is 0 Å². The second-order valence-electron chi connectivity index (χ2n) is 4.93. The lowest BCUT2D eigenvalue weighted by atomic mass is 10.2. The number of aryl methyl sites for hydroxylation is 2. The van der Waals surface area contributed by atoms with Crippen molar-refractivity contribution in [2.75, 3.05) is 6.54 Å². The molecule has 0 saturated heterocycles. The molecule has 2 aromatic rings. The minimum atomic E-state index is -3.36. The third kappa shape index (κ3) is 4.84. The normalized spacial score (nSPS) is 11.8. The van der Waals surface area contributed by atoms with Gasteiger partial charge in [0.05, 0.1) is 18.0 Å². The molecule has 0 atom stereocenters. The van der Waals surface area contributed by atoms with Crippen molar-refractivity contribution < 1.29 is 8.42 Å². The quantitative estimate of drug-likeness (QED) is 0.885. The Kier molecular flexibility index (Phi) is 5.03. The summed E-state index contributed by atoms with van der Waals surface area (Å²) in [7, 11) is -3.36. The summed E-state index contributed by atoms with van der Waals surface area (Å²) in [4.78, 5) is 0. The molecule has 1 aromatic carbocycles. The standard InChI is InChI=1S/C14H18ClN3O2S/c1-11-9-12(2)18(17-11)8-7-16-21(19,20)10-13-3-5-14(15)6-4-13/h3-6,9,16H,7-8,10H2,1-2H3. The third-order valence-corrected chi connectivity index (χ3v) is 4.63. The van der Waals surface area contributed by atoms with Gasteiger partial charge in [-0.1, -0.05) is 23.7 Å². The first-order valence-corrected chi connectivity index (χ1v) is 8.61. The molecular formula is C14H18ClN3O2S. The summed E-state index contributed by atoms with van der Waals surface area (Å²) >= 11 is 5.78. The predicted molar refractivity (Wildman–Crippen MR) is 83.8 cm³/mol. The van der Waals surface area contributed by atoms with Gasteiger partial charge in [0, 0.05) is 17.3 Å². The van der Waals surface area contributed by atoms with E-state index in [4.69, 9.17) is 11.6 Å². The van der Waals surface area contributed by atoms with Crippen LogP contribution in [0, 0.1) is 13.8 Å². The van der Waals surface area contributed by atoms with E-state index in [1.807, 2.05) is 19.9 Å². The molecule has 2 rings (SSSR count). The Balaban J connectivity index is 1.89. The zero-order chi connectivity index (χ0) is 15.5. The molecule has 1 aromatic heterocycles. The molecule has 114 valence electrons. The second kappa shape index (κ2) is 6.60. The highest BCUT2D eigenvalue weighted by atomic mass is 35.5. The highest BCUT2D eigenvalue weighted by molar-refractivity contribution is 7.88. The monoisotopic (exact) mass is 327 g/mol. The van der Waals surface area contributed by atoms with Crippen LogP contribution in [-0.2, 0) is 22.3 Å². The Bertz CT molecular complexity index is 708. The van der Waals surface area contributed by atoms with Gasteiger partial charge >= 0.3 is 0 Å². The molecule has 0 fully saturated rings. The summed E-state index contributed by atoms with van der Waals surface area (Å²) in [6.45, 7) is 4.69. The fourth-order valence-corrected chi connectivity index (χ4v) is 3.32. The summed E-state index contributed by atoms with van der Waals surface area (Å²) in [6.07, 6.45) is 0. The van der Waals surface area contributed by atoms with Crippen molar-refractivity contribution in [1.82, 2.24) is 14.5 Å². The Hall–Kier alpha value is -1.37. The van der Waals surface area contributed by atoms with E-state index in [2.05, 4.69) is 9.82 Å². The first-order chi connectivity index (χ1) is 9.85. The number of benzene rings is 1. The molecule has 0 unspecified atom stereocenters. The van der Waals surface area contributed by atoms with Crippen LogP contribution in [0.1, 0.15) is 17.0 Å². The average Bonchev–Trinajstić information content (AvgIpc) is 2.70. The summed E-state index contributed by atoms with van der Waals surface area (Å²) in [5.74, 6) is -0.0543. The number of nitrogens with one attached hydrogen (secondary N) is 1. The van der Waals surface area contributed by atoms with Gasteiger partial charge < -0.3 is 0 Å². The zero-order valence-corrected chi connectivity index (χ0v) is 13.6. The minimum absolute atomic E-state index is 0.0543. The number of hydrogen-bond donors (Lipinski definition) is 1. The van der Waals surface area contributed by atoms with Crippen LogP contribution in [0.25, 0.3) is 0 Å². The van der Waals surface area contributed by atoms with Crippen LogP contribution in [0.3, 0.4) is 0 Å². The first-order valence-electron chi connectivity index (χ1n) is 6.58. The van der Waals surface area contributed by atoms with E-state index in [1.165, 1.54) is 0 Å². The van der Waals surface area contributed by atoms with Crippen LogP contribution in [0.15, 0.2) is 30.3 Å². The van der Waals surface area contributed by atoms with Crippen molar-refractivity contribution in [3.63, 3.8) is 0 Å². The van der Waals surface area contributed by atoms with Crippen molar-refractivity contribution in [3.8, 4) is 0 Å². The van der Waals surface area contributed by atoms with Crippen LogP contribution in [0.2, 0.25) is 5.02 Å². The Morgan fingerprint density at radius 3 is 2.48 bits per heavy atom. The largest absolute Gasteiger partial charge is 0.268 e. The van der Waals surface area contributed by atoms with E-state index >= 15 is 0 Å². The fourth-order valence-electron chi connectivity index (χ4n) is 2.06. The maximum absolute atomic E-state index is 12.0. The summed E-state index contributed by atoms with van der Waals surface area (Å²) in [5, 5.41) is 4.88. The van der Waals surface area contributed by atoms with E-state index < -0.39 is 10.0 Å². The van der Waals surface area contributed by atoms with Crippen molar-refractivity contribution in [1.29, 1.82) is 0 Å². The van der Waals surface area contributed by atoms with E-state index in [-0.39, 0.29) is 5.75 Å². The highest BCUT2D eigenvalue weighted by Crippen LogP contribution is 2.11. The van der Waals surface area contributed by atoms with Gasteiger partial charge in [0.15, 0.2) is 0 Å². The van der Waals surface area contributed by atoms with E-state index in [0.29, 0.717) is 23.7 Å². The number of rotatable bonds is 6. The molecule has 0 amide bonds. The van der Waals surface area contributed by atoms with Crippen LogP contribution in [-0.4, -0.2) is 24.7 Å². The fraction of sp³-hybridized carbons (Fsp3) is 0.357. The van der Waals surface area contributed by atoms with E-state index in [0.717, 1.165) is 11.4 Å². The van der Waals surface area contributed by atoms with Gasteiger partial charge in [0.1, 0.15) is 0 Å². The van der Waals surface area contributed by atoms with Crippen molar-refractivity contribution in [2.45, 2.75) is 26.1 Å². The van der Waals surface area contributed by atoms with Gasteiger partial charge in [0.25, 0.3) is 0 Å². The molecule has 0 saturated carbocycles. The highest BCUT2D eigenvalue weighted by Gasteiger charge is 2.11. The van der Waals surface area contributed by atoms with Gasteiger partial charge in [-0.05, 0) is 37.6 Å². The average molecular weight is 328 g/mol. The second-order valence-corrected chi connectivity index (χ2v) is 7.17. The van der Waals surface area contributed by atoms with Crippen LogP contribution in [0.5, 0.6) is 0 Å². The minimum Gasteiger partial charge on any atom is -0.268 e. The molecule has 0 bridgehead atoms. The molecule has 0 aliphatic rings. The molecule has 5 nitrogen and oxygen atoms in total. The van der Waals surface area contributed by atoms with Gasteiger partial charge in [0.2, 0.25) is 10.0 Å². The van der Waals surface area contributed by atoms with Gasteiger partial charge in [-0.2, -0.15) is 5.10 Å². The number of hydrogen-bond acceptors (Lipinski definition) is 3. The smallest absolute Gasteiger partial charge is 0.215 e. The number of nitrogens with zero attached hydrogens (tertiary/aromatic N) is 2. The van der Waals surface area contributed by atoms with Crippen LogP contribution < -0.4 is 4.72 Å². The van der Waals surface area contributed by atoms with Crippen LogP contribution in [0.4, 0.5) is 0 Å². The Morgan fingerprint density at radius 1 is 1.24 bits per heavy atom. The molecule has 21 heavy (non-hydrogen) atoms. The Labute approximate surface area is 130 Å². The molecule has 0 aliphatic heterocycles. The summed E-state index contributed by atoms with van der Waals surface area (Å²) in [5.41, 5.74) is 2.65. The topological polar surface area (TPSA) is 64.0 Å². The third-order valence-electron chi connectivity index (χ3n) is 3.02. The SMILES string of the molecule is Cc1cc(C)n(CCNS(=O)(=O)Cc2ccc(Cl)cc2)n1. The number of halogens is 1. The van der Waals surface area contributed by atoms with Gasteiger partial charge in [-0.25, -0.2) is 13.1 Å². The van der Waals surface area contributed by atoms with E-state index in [9.17, 15) is 8.42 Å². The molecule has 7 heteroatoms. The van der Waals surface area contributed by atoms with Gasteiger partial charge in [-0.15, -0.1) is 0 Å². The lowest BCUT2D eigenvalue weighted by Crippen LogP contribution is -2.29. The molecule has 0 aliphatic carbocycles. The zero-order valence-electron chi connectivity index (χ0n) is 12.0. The first kappa shape index (κ1) is 16.0. The number of aromatic nitrogens is 2.